The molecule has 1 heterocycles. The van der Waals surface area contributed by atoms with Gasteiger partial charge < -0.3 is 10.9 Å². The van der Waals surface area contributed by atoms with E-state index in [1.807, 2.05) is 0 Å². The Hall–Kier alpha value is -1.65. The first-order valence-electron chi connectivity index (χ1n) is 3.54. The number of hydrogen-bond donors (Lipinski definition) is 2. The molecule has 0 aliphatic carbocycles. The van der Waals surface area contributed by atoms with Crippen LogP contribution in [0.25, 0.3) is 0 Å². The maximum atomic E-state index is 8.24. The molecule has 0 aliphatic rings. The van der Waals surface area contributed by atoms with Crippen molar-refractivity contribution in [3.05, 3.63) is 24.3 Å². The summed E-state index contributed by atoms with van der Waals surface area (Å²) in [6.45, 7) is 0. The normalized spacial score (nSPS) is 11.5. The van der Waals surface area contributed by atoms with Crippen LogP contribution in [0.1, 0.15) is 12.1 Å². The van der Waals surface area contributed by atoms with Crippen molar-refractivity contribution in [1.82, 2.24) is 9.97 Å². The molecule has 64 valence electrons. The maximum absolute atomic E-state index is 8.24. The van der Waals surface area contributed by atoms with Gasteiger partial charge in [0, 0.05) is 25.0 Å². The number of nitrogens with two attached hydrogens (primary N) is 1. The fourth-order valence-electron chi connectivity index (χ4n) is 0.765. The average molecular weight is 166 g/mol. The minimum absolute atomic E-state index is 0.209. The van der Waals surface area contributed by atoms with Gasteiger partial charge in [0.15, 0.2) is 0 Å². The second-order valence-electron chi connectivity index (χ2n) is 2.29. The highest BCUT2D eigenvalue weighted by Gasteiger charge is 1.96. The molecule has 0 aromatic carbocycles. The number of amidine groups is 1. The Balaban J connectivity index is 2.44. The first-order valence-corrected chi connectivity index (χ1v) is 3.54. The van der Waals surface area contributed by atoms with E-state index in [4.69, 9.17) is 10.9 Å². The zero-order chi connectivity index (χ0) is 8.81. The Morgan fingerprint density at radius 2 is 2.42 bits per heavy atom. The molecule has 0 bridgehead atoms. The minimum Gasteiger partial charge on any atom is -0.409 e. The minimum atomic E-state index is 0.209. The number of aryl methyl sites for hydroxylation is 1. The predicted molar refractivity (Wildman–Crippen MR) is 43.8 cm³/mol. The molecule has 0 saturated heterocycles. The first kappa shape index (κ1) is 8.45. The third-order valence-corrected chi connectivity index (χ3v) is 1.38. The number of rotatable bonds is 3. The third kappa shape index (κ3) is 2.53. The molecule has 0 unspecified atom stereocenters. The SMILES string of the molecule is N/C(CCc1cnccn1)=N/O. The van der Waals surface area contributed by atoms with Gasteiger partial charge in [-0.2, -0.15) is 0 Å². The quantitative estimate of drug-likeness (QED) is 0.290. The van der Waals surface area contributed by atoms with Gasteiger partial charge in [-0.3, -0.25) is 9.97 Å². The lowest BCUT2D eigenvalue weighted by Gasteiger charge is -1.96. The van der Waals surface area contributed by atoms with E-state index in [0.29, 0.717) is 12.8 Å². The summed E-state index contributed by atoms with van der Waals surface area (Å²) in [5, 5.41) is 11.1. The molecule has 0 amide bonds. The Kier molecular flexibility index (Phi) is 3.01. The molecular weight excluding hydrogens is 156 g/mol. The summed E-state index contributed by atoms with van der Waals surface area (Å²) < 4.78 is 0. The van der Waals surface area contributed by atoms with E-state index in [0.717, 1.165) is 5.69 Å². The van der Waals surface area contributed by atoms with Crippen LogP contribution in [0.4, 0.5) is 0 Å². The van der Waals surface area contributed by atoms with E-state index in [2.05, 4.69) is 15.1 Å². The molecule has 1 rings (SSSR count). The van der Waals surface area contributed by atoms with Crippen molar-refractivity contribution in [2.75, 3.05) is 0 Å². The van der Waals surface area contributed by atoms with Gasteiger partial charge in [0.25, 0.3) is 0 Å². The van der Waals surface area contributed by atoms with Gasteiger partial charge in [-0.1, -0.05) is 5.16 Å². The number of oxime groups is 1. The van der Waals surface area contributed by atoms with Crippen LogP contribution >= 0.6 is 0 Å². The highest BCUT2D eigenvalue weighted by molar-refractivity contribution is 5.79. The Labute approximate surface area is 69.9 Å². The predicted octanol–water partition coefficient (Wildman–Crippen LogP) is 0.156. The summed E-state index contributed by atoms with van der Waals surface area (Å²) >= 11 is 0. The second-order valence-corrected chi connectivity index (χ2v) is 2.29. The third-order valence-electron chi connectivity index (χ3n) is 1.38. The van der Waals surface area contributed by atoms with Gasteiger partial charge in [-0.15, -0.1) is 0 Å². The van der Waals surface area contributed by atoms with E-state index >= 15 is 0 Å². The molecule has 3 N–H and O–H groups in total. The van der Waals surface area contributed by atoms with Crippen LogP contribution < -0.4 is 5.73 Å². The lowest BCUT2D eigenvalue weighted by Crippen LogP contribution is -2.12. The molecule has 0 fully saturated rings. The Morgan fingerprint density at radius 3 is 3.00 bits per heavy atom. The van der Waals surface area contributed by atoms with Crippen molar-refractivity contribution in [1.29, 1.82) is 0 Å². The van der Waals surface area contributed by atoms with Crippen molar-refractivity contribution in [2.45, 2.75) is 12.8 Å². The van der Waals surface area contributed by atoms with Crippen LogP contribution in [-0.2, 0) is 6.42 Å². The lowest BCUT2D eigenvalue weighted by molar-refractivity contribution is 0.317. The van der Waals surface area contributed by atoms with Crippen LogP contribution in [-0.4, -0.2) is 21.0 Å². The fourth-order valence-corrected chi connectivity index (χ4v) is 0.765. The van der Waals surface area contributed by atoms with Gasteiger partial charge in [0.05, 0.1) is 5.69 Å². The van der Waals surface area contributed by atoms with E-state index < -0.39 is 0 Å². The molecule has 1 aromatic rings. The zero-order valence-corrected chi connectivity index (χ0v) is 6.51. The van der Waals surface area contributed by atoms with Crippen molar-refractivity contribution < 1.29 is 5.21 Å². The molecule has 0 atom stereocenters. The van der Waals surface area contributed by atoms with Gasteiger partial charge >= 0.3 is 0 Å². The number of nitrogens with zero attached hydrogens (tertiary/aromatic N) is 3. The van der Waals surface area contributed by atoms with Crippen molar-refractivity contribution in [3.8, 4) is 0 Å². The van der Waals surface area contributed by atoms with Crippen molar-refractivity contribution in [3.63, 3.8) is 0 Å². The molecule has 5 nitrogen and oxygen atoms in total. The zero-order valence-electron chi connectivity index (χ0n) is 6.51. The van der Waals surface area contributed by atoms with Gasteiger partial charge in [-0.25, -0.2) is 0 Å². The van der Waals surface area contributed by atoms with Crippen molar-refractivity contribution >= 4 is 5.84 Å². The molecular formula is C7H10N4O. The fraction of sp³-hybridized carbons (Fsp3) is 0.286. The average Bonchev–Trinajstić information content (AvgIpc) is 2.16. The summed E-state index contributed by atoms with van der Waals surface area (Å²) in [6.07, 6.45) is 6.01. The topological polar surface area (TPSA) is 84.4 Å². The van der Waals surface area contributed by atoms with Crippen LogP contribution in [0.5, 0.6) is 0 Å². The summed E-state index contributed by atoms with van der Waals surface area (Å²) in [5.41, 5.74) is 6.11. The molecule has 5 heteroatoms. The summed E-state index contributed by atoms with van der Waals surface area (Å²) in [5.74, 6) is 0.209. The monoisotopic (exact) mass is 166 g/mol. The Morgan fingerprint density at radius 1 is 1.58 bits per heavy atom. The lowest BCUT2D eigenvalue weighted by atomic mass is 10.2. The summed E-state index contributed by atoms with van der Waals surface area (Å²) in [4.78, 5) is 7.91. The number of hydrogen-bond acceptors (Lipinski definition) is 4. The molecule has 0 aliphatic heterocycles. The first-order chi connectivity index (χ1) is 5.83. The molecule has 0 radical (unpaired) electrons. The highest BCUT2D eigenvalue weighted by Crippen LogP contribution is 1.95. The standard InChI is InChI=1S/C7H10N4O/c8-7(11-12)2-1-6-5-9-3-4-10-6/h3-5,12H,1-2H2,(H2,8,11). The van der Waals surface area contributed by atoms with Gasteiger partial charge in [0.2, 0.25) is 0 Å². The van der Waals surface area contributed by atoms with Crippen LogP contribution in [0, 0.1) is 0 Å². The molecule has 1 aromatic heterocycles. The summed E-state index contributed by atoms with van der Waals surface area (Å²) in [7, 11) is 0. The van der Waals surface area contributed by atoms with Gasteiger partial charge in [-0.05, 0) is 6.42 Å². The van der Waals surface area contributed by atoms with E-state index in [9.17, 15) is 0 Å². The maximum Gasteiger partial charge on any atom is 0.139 e. The second kappa shape index (κ2) is 4.27. The van der Waals surface area contributed by atoms with E-state index in [1.165, 1.54) is 0 Å². The molecule has 12 heavy (non-hydrogen) atoms. The van der Waals surface area contributed by atoms with Crippen LogP contribution in [0.2, 0.25) is 0 Å². The van der Waals surface area contributed by atoms with Gasteiger partial charge in [0.1, 0.15) is 5.84 Å². The van der Waals surface area contributed by atoms with Crippen molar-refractivity contribution in [2.24, 2.45) is 10.9 Å². The van der Waals surface area contributed by atoms with Crippen LogP contribution in [0.3, 0.4) is 0 Å². The Bertz CT molecular complexity index is 259. The highest BCUT2D eigenvalue weighted by atomic mass is 16.4. The van der Waals surface area contributed by atoms with Crippen LogP contribution in [0.15, 0.2) is 23.7 Å². The largest absolute Gasteiger partial charge is 0.409 e. The summed E-state index contributed by atoms with van der Waals surface area (Å²) in [6, 6.07) is 0. The molecule has 0 saturated carbocycles. The smallest absolute Gasteiger partial charge is 0.139 e. The van der Waals surface area contributed by atoms with E-state index in [-0.39, 0.29) is 5.84 Å². The number of aromatic nitrogens is 2. The van der Waals surface area contributed by atoms with E-state index in [1.54, 1.807) is 18.6 Å². The molecule has 0 spiro atoms.